The van der Waals surface area contributed by atoms with Crippen LogP contribution in [0.15, 0.2) is 9.98 Å². The number of hydrogen-bond donors (Lipinski definition) is 4. The Morgan fingerprint density at radius 1 is 1.05 bits per heavy atom. The Morgan fingerprint density at radius 2 is 1.47 bits per heavy atom. The van der Waals surface area contributed by atoms with E-state index < -0.39 is 24.3 Å². The lowest BCUT2D eigenvalue weighted by molar-refractivity contribution is -0.146. The number of nitrogens with zero attached hydrogens (tertiary/aromatic N) is 2. The SMILES string of the molecule is CC(=O)ONC1=NC2NONC2N=C1NOC(C)=O. The zero-order chi connectivity index (χ0) is 13.8. The molecule has 2 heterocycles. The fraction of sp³-hybridized carbons (Fsp3) is 0.500. The number of carbonyl (C=O) groups excluding carboxylic acids is 2. The molecule has 0 aromatic carbocycles. The molecule has 0 spiro atoms. The first kappa shape index (κ1) is 13.2. The second kappa shape index (κ2) is 5.60. The predicted molar refractivity (Wildman–Crippen MR) is 59.6 cm³/mol. The van der Waals surface area contributed by atoms with Gasteiger partial charge < -0.3 is 9.68 Å². The van der Waals surface area contributed by atoms with E-state index in [0.29, 0.717) is 0 Å². The number of amidine groups is 2. The van der Waals surface area contributed by atoms with Crippen LogP contribution in [0.25, 0.3) is 0 Å². The Hall–Kier alpha value is -2.24. The maximum Gasteiger partial charge on any atom is 0.329 e. The van der Waals surface area contributed by atoms with E-state index in [4.69, 9.17) is 4.94 Å². The van der Waals surface area contributed by atoms with Crippen molar-refractivity contribution in [3.8, 4) is 0 Å². The van der Waals surface area contributed by atoms with Gasteiger partial charge in [-0.3, -0.25) is 9.59 Å². The molecule has 0 saturated carbocycles. The Morgan fingerprint density at radius 3 is 1.84 bits per heavy atom. The smallest absolute Gasteiger partial charge is 0.329 e. The summed E-state index contributed by atoms with van der Waals surface area (Å²) in [6.45, 7) is 2.43. The molecular formula is C8H12N6O5. The van der Waals surface area contributed by atoms with Gasteiger partial charge in [0.2, 0.25) is 11.7 Å². The van der Waals surface area contributed by atoms with Gasteiger partial charge in [-0.25, -0.2) is 14.9 Å². The molecule has 11 nitrogen and oxygen atoms in total. The highest BCUT2D eigenvalue weighted by Crippen LogP contribution is 2.09. The summed E-state index contributed by atoms with van der Waals surface area (Å²) in [5.74, 6) is -0.967. The third-order valence-corrected chi connectivity index (χ3v) is 2.00. The summed E-state index contributed by atoms with van der Waals surface area (Å²) >= 11 is 0. The van der Waals surface area contributed by atoms with Crippen LogP contribution in [0.4, 0.5) is 0 Å². The topological polar surface area (TPSA) is 135 Å². The molecule has 104 valence electrons. The van der Waals surface area contributed by atoms with Crippen LogP contribution in [0.5, 0.6) is 0 Å². The van der Waals surface area contributed by atoms with Crippen molar-refractivity contribution >= 4 is 23.6 Å². The number of rotatable bonds is 0. The van der Waals surface area contributed by atoms with Crippen LogP contribution in [-0.2, 0) is 24.2 Å². The molecule has 4 N–H and O–H groups in total. The van der Waals surface area contributed by atoms with Gasteiger partial charge in [-0.05, 0) is 0 Å². The van der Waals surface area contributed by atoms with Crippen LogP contribution in [0, 0.1) is 0 Å². The summed E-state index contributed by atoms with van der Waals surface area (Å²) in [6.07, 6.45) is -0.998. The minimum Gasteiger partial charge on any atom is -0.342 e. The average molecular weight is 272 g/mol. The van der Waals surface area contributed by atoms with E-state index in [1.165, 1.54) is 13.8 Å². The molecule has 0 bridgehead atoms. The number of nitrogens with one attached hydrogen (secondary N) is 4. The molecule has 19 heavy (non-hydrogen) atoms. The number of hydrogen-bond acceptors (Lipinski definition) is 11. The summed E-state index contributed by atoms with van der Waals surface area (Å²) < 4.78 is 0. The Bertz CT molecular complexity index is 409. The summed E-state index contributed by atoms with van der Waals surface area (Å²) in [6, 6.07) is 0. The third-order valence-electron chi connectivity index (χ3n) is 2.00. The standard InChI is InChI=1S/C8H12N6O5/c1-3(15)17-11-5-6(12-18-4(2)16)10-8-7(9-5)13-19-14-8/h7-8,13-14H,1-2H3,(H,9,11)(H,10,12). The molecule has 11 heteroatoms. The highest BCUT2D eigenvalue weighted by molar-refractivity contribution is 6.40. The van der Waals surface area contributed by atoms with Crippen LogP contribution in [0.1, 0.15) is 13.8 Å². The third kappa shape index (κ3) is 3.37. The molecule has 0 amide bonds. The number of fused-ring (bicyclic) bond motifs is 1. The van der Waals surface area contributed by atoms with Crippen LogP contribution >= 0.6 is 0 Å². The van der Waals surface area contributed by atoms with Crippen LogP contribution < -0.4 is 21.9 Å². The van der Waals surface area contributed by atoms with Crippen molar-refractivity contribution in [2.45, 2.75) is 26.2 Å². The quantitative estimate of drug-likeness (QED) is 0.356. The van der Waals surface area contributed by atoms with E-state index in [2.05, 4.69) is 41.6 Å². The van der Waals surface area contributed by atoms with Crippen molar-refractivity contribution < 1.29 is 24.2 Å². The van der Waals surface area contributed by atoms with Crippen LogP contribution in [-0.4, -0.2) is 35.9 Å². The lowest BCUT2D eigenvalue weighted by atomic mass is 10.3. The summed E-state index contributed by atoms with van der Waals surface area (Å²) in [5, 5.41) is 0. The lowest BCUT2D eigenvalue weighted by Crippen LogP contribution is -2.49. The molecule has 2 rings (SSSR count). The lowest BCUT2D eigenvalue weighted by Gasteiger charge is -2.20. The van der Waals surface area contributed by atoms with Gasteiger partial charge >= 0.3 is 11.9 Å². The molecule has 1 saturated heterocycles. The van der Waals surface area contributed by atoms with E-state index in [-0.39, 0.29) is 11.7 Å². The largest absolute Gasteiger partial charge is 0.342 e. The predicted octanol–water partition coefficient (Wildman–Crippen LogP) is -2.38. The second-order valence-electron chi connectivity index (χ2n) is 3.57. The van der Waals surface area contributed by atoms with E-state index in [1.807, 2.05) is 0 Å². The molecule has 0 aromatic heterocycles. The molecule has 2 atom stereocenters. The van der Waals surface area contributed by atoms with Crippen molar-refractivity contribution in [2.75, 3.05) is 0 Å². The number of carbonyl (C=O) groups is 2. The molecule has 2 aliphatic heterocycles. The zero-order valence-electron chi connectivity index (χ0n) is 10.1. The van der Waals surface area contributed by atoms with Gasteiger partial charge in [0.1, 0.15) is 0 Å². The van der Waals surface area contributed by atoms with Crippen molar-refractivity contribution in [3.63, 3.8) is 0 Å². The van der Waals surface area contributed by atoms with E-state index in [0.717, 1.165) is 0 Å². The molecule has 0 aromatic rings. The van der Waals surface area contributed by atoms with Crippen molar-refractivity contribution in [3.05, 3.63) is 0 Å². The van der Waals surface area contributed by atoms with E-state index >= 15 is 0 Å². The average Bonchev–Trinajstić information content (AvgIpc) is 2.79. The summed E-state index contributed by atoms with van der Waals surface area (Å²) in [7, 11) is 0. The highest BCUT2D eigenvalue weighted by Gasteiger charge is 2.33. The van der Waals surface area contributed by atoms with Gasteiger partial charge in [-0.1, -0.05) is 0 Å². The van der Waals surface area contributed by atoms with Gasteiger partial charge in [-0.2, -0.15) is 21.9 Å². The van der Waals surface area contributed by atoms with Crippen LogP contribution in [0.2, 0.25) is 0 Å². The minimum atomic E-state index is -0.564. The van der Waals surface area contributed by atoms with Gasteiger partial charge in [0.25, 0.3) is 0 Å². The monoisotopic (exact) mass is 272 g/mol. The Kier molecular flexibility index (Phi) is 3.89. The minimum absolute atomic E-state index is 0.0810. The van der Waals surface area contributed by atoms with Gasteiger partial charge in [0, 0.05) is 13.8 Å². The van der Waals surface area contributed by atoms with Crippen molar-refractivity contribution in [2.24, 2.45) is 9.98 Å². The Balaban J connectivity index is 2.07. The first-order valence-electron chi connectivity index (χ1n) is 5.26. The normalized spacial score (nSPS) is 24.7. The van der Waals surface area contributed by atoms with E-state index in [9.17, 15) is 9.59 Å². The Labute approximate surface area is 107 Å². The molecule has 0 radical (unpaired) electrons. The van der Waals surface area contributed by atoms with Gasteiger partial charge in [0.05, 0.1) is 0 Å². The second-order valence-corrected chi connectivity index (χ2v) is 3.57. The maximum absolute atomic E-state index is 10.7. The highest BCUT2D eigenvalue weighted by atomic mass is 16.8. The van der Waals surface area contributed by atoms with Gasteiger partial charge in [-0.15, -0.1) is 0 Å². The maximum atomic E-state index is 10.7. The number of aliphatic imine (C=N–C) groups is 2. The number of hydroxylamine groups is 4. The fourth-order valence-electron chi connectivity index (χ4n) is 1.27. The molecule has 1 fully saturated rings. The summed E-state index contributed by atoms with van der Waals surface area (Å²) in [5.41, 5.74) is 9.68. The van der Waals surface area contributed by atoms with Gasteiger partial charge in [0.15, 0.2) is 12.3 Å². The summed E-state index contributed by atoms with van der Waals surface area (Å²) in [4.78, 5) is 43.7. The first-order chi connectivity index (χ1) is 9.06. The zero-order valence-corrected chi connectivity index (χ0v) is 10.1. The van der Waals surface area contributed by atoms with Crippen molar-refractivity contribution in [1.82, 2.24) is 21.9 Å². The molecular weight excluding hydrogens is 260 g/mol. The van der Waals surface area contributed by atoms with Crippen molar-refractivity contribution in [1.29, 1.82) is 0 Å². The molecule has 2 unspecified atom stereocenters. The fourth-order valence-corrected chi connectivity index (χ4v) is 1.27. The van der Waals surface area contributed by atoms with Crippen LogP contribution in [0.3, 0.4) is 0 Å². The molecule has 0 aliphatic carbocycles. The van der Waals surface area contributed by atoms with E-state index in [1.54, 1.807) is 0 Å². The molecule has 2 aliphatic rings. The first-order valence-corrected chi connectivity index (χ1v) is 5.26.